The van der Waals surface area contributed by atoms with E-state index in [1.807, 2.05) is 0 Å². The van der Waals surface area contributed by atoms with Crippen LogP contribution in [0.15, 0.2) is 16.5 Å². The summed E-state index contributed by atoms with van der Waals surface area (Å²) in [5.74, 6) is 0.472. The van der Waals surface area contributed by atoms with Gasteiger partial charge < -0.3 is 9.15 Å². The number of carbonyl (C=O) groups excluding carboxylic acids is 1. The van der Waals surface area contributed by atoms with Crippen molar-refractivity contribution < 1.29 is 13.9 Å². The van der Waals surface area contributed by atoms with Crippen molar-refractivity contribution >= 4 is 30.4 Å². The van der Waals surface area contributed by atoms with Gasteiger partial charge in [-0.15, -0.1) is 0 Å². The molecule has 0 fully saturated rings. The second-order valence-corrected chi connectivity index (χ2v) is 12.9. The summed E-state index contributed by atoms with van der Waals surface area (Å²) < 4.78 is 11.9. The molecule has 0 atom stereocenters. The maximum atomic E-state index is 11.8. The number of esters is 1. The lowest BCUT2D eigenvalue weighted by Gasteiger charge is -2.15. The summed E-state index contributed by atoms with van der Waals surface area (Å²) in [5, 5.41) is 2.02. The molecule has 2 aromatic rings. The van der Waals surface area contributed by atoms with Crippen molar-refractivity contribution in [3.63, 3.8) is 0 Å². The Bertz CT molecular complexity index is 738. The largest absolute Gasteiger partial charge is 0.466 e. The fourth-order valence-electron chi connectivity index (χ4n) is 3.09. The lowest BCUT2D eigenvalue weighted by molar-refractivity contribution is -0.131. The van der Waals surface area contributed by atoms with E-state index in [1.165, 1.54) is 18.1 Å². The average Bonchev–Trinajstić information content (AvgIpc) is 2.95. The number of hydrogen-bond acceptors (Lipinski definition) is 3. The minimum absolute atomic E-state index is 0.262. The van der Waals surface area contributed by atoms with Crippen molar-refractivity contribution in [1.82, 2.24) is 0 Å². The van der Waals surface area contributed by atoms with Crippen LogP contribution >= 0.6 is 0 Å². The van der Waals surface area contributed by atoms with Crippen LogP contribution in [0.4, 0.5) is 0 Å². The molecule has 4 heteroatoms. The van der Waals surface area contributed by atoms with E-state index in [4.69, 9.17) is 9.15 Å². The number of rotatable bonds is 8. The summed E-state index contributed by atoms with van der Waals surface area (Å²) in [5.41, 5.74) is 3.33. The highest BCUT2D eigenvalue weighted by molar-refractivity contribution is 6.87. The van der Waals surface area contributed by atoms with Gasteiger partial charge in [0.2, 0.25) is 0 Å². The molecule has 0 spiro atoms. The van der Waals surface area contributed by atoms with Crippen LogP contribution in [-0.4, -0.2) is 14.0 Å². The molecule has 0 N–H and O–H groups in total. The van der Waals surface area contributed by atoms with Gasteiger partial charge in [-0.25, -0.2) is 0 Å². The second-order valence-electron chi connectivity index (χ2n) is 7.92. The second kappa shape index (κ2) is 8.22. The van der Waals surface area contributed by atoms with E-state index in [0.29, 0.717) is 0 Å². The van der Waals surface area contributed by atoms with Crippen LogP contribution in [0, 0.1) is 0 Å². The van der Waals surface area contributed by atoms with Crippen molar-refractivity contribution in [3.8, 4) is 5.75 Å². The van der Waals surface area contributed by atoms with Gasteiger partial charge in [0, 0.05) is 6.92 Å². The van der Waals surface area contributed by atoms with Gasteiger partial charge in [0.15, 0.2) is 0 Å². The third-order valence-corrected chi connectivity index (χ3v) is 6.26. The first-order valence-electron chi connectivity index (χ1n) is 9.55. The summed E-state index contributed by atoms with van der Waals surface area (Å²) in [6, 6.07) is 4.30. The fourth-order valence-corrected chi connectivity index (χ4v) is 4.08. The Morgan fingerprint density at radius 2 is 1.72 bits per heavy atom. The van der Waals surface area contributed by atoms with E-state index in [1.54, 1.807) is 0 Å². The van der Waals surface area contributed by atoms with Gasteiger partial charge >= 0.3 is 5.97 Å². The number of aryl methyl sites for hydroxylation is 1. The molecule has 1 heterocycles. The third kappa shape index (κ3) is 4.75. The zero-order valence-corrected chi connectivity index (χ0v) is 17.6. The van der Waals surface area contributed by atoms with Gasteiger partial charge in [-0.1, -0.05) is 46.3 Å². The molecule has 1 aromatic heterocycles. The highest BCUT2D eigenvalue weighted by atomic mass is 28.3. The molecule has 0 unspecified atom stereocenters. The monoisotopic (exact) mass is 360 g/mol. The molecule has 2 rings (SSSR count). The predicted molar refractivity (Wildman–Crippen MR) is 108 cm³/mol. The van der Waals surface area contributed by atoms with Gasteiger partial charge in [0.05, 0.1) is 10.8 Å². The van der Waals surface area contributed by atoms with Crippen molar-refractivity contribution in [2.45, 2.75) is 78.9 Å². The topological polar surface area (TPSA) is 39.4 Å². The zero-order valence-electron chi connectivity index (χ0n) is 16.6. The first-order valence-corrected chi connectivity index (χ1v) is 13.0. The van der Waals surface area contributed by atoms with Gasteiger partial charge in [0.25, 0.3) is 0 Å². The number of unbranched alkanes of at least 4 members (excludes halogenated alkanes) is 2. The molecule has 0 amide bonds. The van der Waals surface area contributed by atoms with E-state index in [9.17, 15) is 4.79 Å². The Kier molecular flexibility index (Phi) is 6.50. The van der Waals surface area contributed by atoms with Crippen molar-refractivity contribution in [2.75, 3.05) is 0 Å². The Morgan fingerprint density at radius 1 is 1.08 bits per heavy atom. The average molecular weight is 361 g/mol. The number of carbonyl (C=O) groups is 1. The van der Waals surface area contributed by atoms with Gasteiger partial charge in [-0.3, -0.25) is 4.79 Å². The van der Waals surface area contributed by atoms with Crippen molar-refractivity contribution in [3.05, 3.63) is 23.3 Å². The van der Waals surface area contributed by atoms with E-state index < -0.39 is 8.07 Å². The van der Waals surface area contributed by atoms with Gasteiger partial charge in [-0.05, 0) is 48.9 Å². The van der Waals surface area contributed by atoms with E-state index >= 15 is 0 Å². The van der Waals surface area contributed by atoms with Crippen molar-refractivity contribution in [1.29, 1.82) is 0 Å². The number of hydrogen-bond donors (Lipinski definition) is 0. The van der Waals surface area contributed by atoms with Gasteiger partial charge in [0.1, 0.15) is 19.4 Å². The summed E-state index contributed by atoms with van der Waals surface area (Å²) >= 11 is 0. The first kappa shape index (κ1) is 19.8. The van der Waals surface area contributed by atoms with E-state index in [-0.39, 0.29) is 5.97 Å². The molecule has 0 aliphatic rings. The minimum Gasteiger partial charge on any atom is -0.466 e. The van der Waals surface area contributed by atoms with Crippen LogP contribution in [0.2, 0.25) is 19.6 Å². The minimum atomic E-state index is -1.57. The lowest BCUT2D eigenvalue weighted by atomic mass is 9.95. The number of benzene rings is 1. The number of ether oxygens (including phenoxy) is 1. The Labute approximate surface area is 152 Å². The lowest BCUT2D eigenvalue weighted by Crippen LogP contribution is -2.36. The van der Waals surface area contributed by atoms with E-state index in [0.717, 1.165) is 60.6 Å². The van der Waals surface area contributed by atoms with Crippen LogP contribution in [0.25, 0.3) is 11.0 Å². The quantitative estimate of drug-likeness (QED) is 0.350. The third-order valence-electron chi connectivity index (χ3n) is 4.54. The van der Waals surface area contributed by atoms with Gasteiger partial charge in [-0.2, -0.15) is 0 Å². The van der Waals surface area contributed by atoms with Crippen LogP contribution in [0.3, 0.4) is 0 Å². The molecule has 0 bridgehead atoms. The molecule has 1 aromatic carbocycles. The Hall–Kier alpha value is -1.55. The molecule has 0 aliphatic carbocycles. The van der Waals surface area contributed by atoms with Crippen molar-refractivity contribution in [2.24, 2.45) is 0 Å². The first-order chi connectivity index (χ1) is 11.8. The SMILES string of the molecule is CCCCc1cc2oc([Si](C)(C)C)cc2c(OC(C)=O)c1CCCC. The Morgan fingerprint density at radius 3 is 2.28 bits per heavy atom. The zero-order chi connectivity index (χ0) is 18.6. The Balaban J connectivity index is 2.68. The molecule has 138 valence electrons. The molecule has 0 saturated heterocycles. The molecule has 0 saturated carbocycles. The van der Waals surface area contributed by atoms with Crippen LogP contribution < -0.4 is 10.1 Å². The summed E-state index contributed by atoms with van der Waals surface area (Å²) in [4.78, 5) is 11.8. The number of fused-ring (bicyclic) bond motifs is 1. The molecule has 0 aliphatic heterocycles. The predicted octanol–water partition coefficient (Wildman–Crippen LogP) is 5.59. The molecular formula is C21H32O3Si. The highest BCUT2D eigenvalue weighted by Gasteiger charge is 2.25. The summed E-state index contributed by atoms with van der Waals surface area (Å²) in [6.45, 7) is 12.7. The van der Waals surface area contributed by atoms with Crippen LogP contribution in [0.5, 0.6) is 5.75 Å². The molecule has 3 nitrogen and oxygen atoms in total. The number of furan rings is 1. The fraction of sp³-hybridized carbons (Fsp3) is 0.571. The summed E-state index contributed by atoms with van der Waals surface area (Å²) in [7, 11) is -1.57. The molecular weight excluding hydrogens is 328 g/mol. The maximum absolute atomic E-state index is 11.8. The smallest absolute Gasteiger partial charge is 0.308 e. The highest BCUT2D eigenvalue weighted by Crippen LogP contribution is 2.36. The molecule has 0 radical (unpaired) electrons. The summed E-state index contributed by atoms with van der Waals surface area (Å²) in [6.07, 6.45) is 6.44. The maximum Gasteiger partial charge on any atom is 0.308 e. The standard InChI is InChI=1S/C21H32O3Si/c1-7-9-11-16-13-19-18(14-20(24-19)25(4,5)6)21(23-15(3)22)17(16)12-10-8-2/h13-14H,7-12H2,1-6H3. The van der Waals surface area contributed by atoms with Crippen LogP contribution in [-0.2, 0) is 17.6 Å². The molecule has 25 heavy (non-hydrogen) atoms. The van der Waals surface area contributed by atoms with E-state index in [2.05, 4.69) is 45.6 Å². The normalized spacial score (nSPS) is 11.9. The van der Waals surface area contributed by atoms with Crippen LogP contribution in [0.1, 0.15) is 57.6 Å².